The van der Waals surface area contributed by atoms with E-state index in [0.717, 1.165) is 43.6 Å². The van der Waals surface area contributed by atoms with E-state index in [2.05, 4.69) is 25.3 Å². The molecule has 0 bridgehead atoms. The number of esters is 1. The normalized spacial score (nSPS) is 15.6. The lowest BCUT2D eigenvalue weighted by atomic mass is 9.79. The molecule has 216 valence electrons. The zero-order valence-electron chi connectivity index (χ0n) is 23.0. The van der Waals surface area contributed by atoms with Crippen LogP contribution in [0.3, 0.4) is 0 Å². The van der Waals surface area contributed by atoms with E-state index >= 15 is 8.78 Å². The van der Waals surface area contributed by atoms with Gasteiger partial charge < -0.3 is 15.0 Å². The summed E-state index contributed by atoms with van der Waals surface area (Å²) >= 11 is 0. The molecule has 12 heteroatoms. The van der Waals surface area contributed by atoms with E-state index in [1.165, 1.54) is 18.3 Å². The third-order valence-electron chi connectivity index (χ3n) is 7.77. The van der Waals surface area contributed by atoms with Crippen LogP contribution in [0.15, 0.2) is 52.6 Å². The van der Waals surface area contributed by atoms with Gasteiger partial charge in [-0.05, 0) is 44.2 Å². The summed E-state index contributed by atoms with van der Waals surface area (Å²) in [6.45, 7) is 5.81. The first-order valence-electron chi connectivity index (χ1n) is 13.5. The van der Waals surface area contributed by atoms with Gasteiger partial charge in [0, 0.05) is 17.8 Å². The highest BCUT2D eigenvalue weighted by Crippen LogP contribution is 2.43. The van der Waals surface area contributed by atoms with Gasteiger partial charge >= 0.3 is 5.97 Å². The molecule has 9 nitrogen and oxygen atoms in total. The van der Waals surface area contributed by atoms with Crippen LogP contribution >= 0.6 is 0 Å². The highest BCUT2D eigenvalue weighted by Gasteiger charge is 2.39. The van der Waals surface area contributed by atoms with E-state index < -0.39 is 38.4 Å². The van der Waals surface area contributed by atoms with Crippen LogP contribution in [0.25, 0.3) is 22.4 Å². The summed E-state index contributed by atoms with van der Waals surface area (Å²) in [6, 6.07) is 5.60. The number of aromatic amines is 1. The highest BCUT2D eigenvalue weighted by molar-refractivity contribution is 7.91. The minimum absolute atomic E-state index is 0.0181. The number of aryl methyl sites for hydroxylation is 1. The lowest BCUT2D eigenvalue weighted by molar-refractivity contribution is -0.144. The SMILES string of the molecule is CCOC(=O)CC(Nc1nc(-c2c[nH]c3ncc(F)c(S(=O)(=O)c4ccc(C)cc4)c23)ncc1F)C1(C)CCCC1. The Morgan fingerprint density at radius 3 is 2.49 bits per heavy atom. The summed E-state index contributed by atoms with van der Waals surface area (Å²) < 4.78 is 62.8. The maximum atomic E-state index is 15.3. The van der Waals surface area contributed by atoms with Gasteiger partial charge in [0.2, 0.25) is 9.84 Å². The summed E-state index contributed by atoms with van der Waals surface area (Å²) in [5.41, 5.74) is 0.787. The molecule has 1 aromatic carbocycles. The van der Waals surface area contributed by atoms with E-state index in [0.29, 0.717) is 0 Å². The van der Waals surface area contributed by atoms with E-state index in [-0.39, 0.29) is 51.6 Å². The van der Waals surface area contributed by atoms with E-state index in [1.807, 2.05) is 13.8 Å². The topological polar surface area (TPSA) is 127 Å². The average Bonchev–Trinajstić information content (AvgIpc) is 3.57. The second-order valence-corrected chi connectivity index (χ2v) is 12.5. The third kappa shape index (κ3) is 5.52. The molecule has 1 fully saturated rings. The largest absolute Gasteiger partial charge is 0.466 e. The molecule has 41 heavy (non-hydrogen) atoms. The van der Waals surface area contributed by atoms with Gasteiger partial charge in [0.05, 0.1) is 35.7 Å². The van der Waals surface area contributed by atoms with Crippen molar-refractivity contribution in [3.05, 3.63) is 60.1 Å². The Kier molecular flexibility index (Phi) is 7.78. The molecule has 0 saturated heterocycles. The molecule has 5 rings (SSSR count). The molecule has 3 heterocycles. The van der Waals surface area contributed by atoms with Crippen LogP contribution in [-0.4, -0.2) is 47.0 Å². The summed E-state index contributed by atoms with van der Waals surface area (Å²) in [4.78, 5) is 27.1. The number of halogens is 2. The van der Waals surface area contributed by atoms with Crippen LogP contribution in [0.5, 0.6) is 0 Å². The number of nitrogens with zero attached hydrogens (tertiary/aromatic N) is 3. The molecule has 1 aliphatic carbocycles. The number of anilines is 1. The van der Waals surface area contributed by atoms with Gasteiger partial charge in [-0.15, -0.1) is 0 Å². The zero-order valence-corrected chi connectivity index (χ0v) is 23.8. The lowest BCUT2D eigenvalue weighted by Gasteiger charge is -2.34. The van der Waals surface area contributed by atoms with Crippen molar-refractivity contribution in [2.75, 3.05) is 11.9 Å². The molecular weight excluding hydrogens is 552 g/mol. The number of H-pyrrole nitrogens is 1. The van der Waals surface area contributed by atoms with Crippen LogP contribution in [0, 0.1) is 24.0 Å². The van der Waals surface area contributed by atoms with E-state index in [1.54, 1.807) is 19.1 Å². The summed E-state index contributed by atoms with van der Waals surface area (Å²) in [5, 5.41) is 3.06. The van der Waals surface area contributed by atoms with E-state index in [4.69, 9.17) is 4.74 Å². The lowest BCUT2D eigenvalue weighted by Crippen LogP contribution is -2.39. The van der Waals surface area contributed by atoms with Crippen molar-refractivity contribution in [1.29, 1.82) is 0 Å². The van der Waals surface area contributed by atoms with Crippen molar-refractivity contribution in [2.24, 2.45) is 5.41 Å². The summed E-state index contributed by atoms with van der Waals surface area (Å²) in [6.07, 6.45) is 6.89. The Labute approximate surface area is 236 Å². The van der Waals surface area contributed by atoms with Crippen LogP contribution < -0.4 is 5.32 Å². The molecule has 2 N–H and O–H groups in total. The van der Waals surface area contributed by atoms with Crippen molar-refractivity contribution in [2.45, 2.75) is 68.7 Å². The fourth-order valence-electron chi connectivity index (χ4n) is 5.47. The molecule has 1 unspecified atom stereocenters. The van der Waals surface area contributed by atoms with Crippen molar-refractivity contribution in [1.82, 2.24) is 19.9 Å². The fourth-order valence-corrected chi connectivity index (χ4v) is 6.99. The number of hydrogen-bond acceptors (Lipinski definition) is 8. The Morgan fingerprint density at radius 1 is 1.12 bits per heavy atom. The predicted molar refractivity (Wildman–Crippen MR) is 149 cm³/mol. The molecule has 0 amide bonds. The summed E-state index contributed by atoms with van der Waals surface area (Å²) in [5.74, 6) is -2.39. The second-order valence-electron chi connectivity index (χ2n) is 10.6. The molecule has 3 aromatic heterocycles. The number of fused-ring (bicyclic) bond motifs is 1. The Balaban J connectivity index is 1.59. The smallest absolute Gasteiger partial charge is 0.307 e. The van der Waals surface area contributed by atoms with Gasteiger partial charge in [-0.25, -0.2) is 32.2 Å². The predicted octanol–water partition coefficient (Wildman–Crippen LogP) is 5.75. The molecule has 4 aromatic rings. The number of hydrogen-bond donors (Lipinski definition) is 2. The number of aromatic nitrogens is 4. The van der Waals surface area contributed by atoms with Crippen LogP contribution in [0.4, 0.5) is 14.6 Å². The number of pyridine rings is 1. The highest BCUT2D eigenvalue weighted by atomic mass is 32.2. The molecule has 0 spiro atoms. The maximum absolute atomic E-state index is 15.3. The number of nitrogens with one attached hydrogen (secondary N) is 2. The van der Waals surface area contributed by atoms with Gasteiger partial charge in [-0.1, -0.05) is 37.5 Å². The first kappa shape index (κ1) is 28.6. The Hall–Kier alpha value is -3.93. The quantitative estimate of drug-likeness (QED) is 0.238. The third-order valence-corrected chi connectivity index (χ3v) is 9.60. The van der Waals surface area contributed by atoms with Gasteiger partial charge in [0.1, 0.15) is 10.5 Å². The van der Waals surface area contributed by atoms with Gasteiger partial charge in [-0.2, -0.15) is 0 Å². The van der Waals surface area contributed by atoms with Gasteiger partial charge in [0.15, 0.2) is 23.3 Å². The first-order chi connectivity index (χ1) is 19.5. The standard InChI is InChI=1S/C29H31F2N5O4S/c1-4-40-23(37)13-22(29(3)11-5-6-12-29)35-27-21(31)16-33-26(36-27)19-14-32-28-24(19)25(20(30)15-34-28)41(38,39)18-9-7-17(2)8-10-18/h7-10,14-16,22H,4-6,11-13H2,1-3H3,(H,32,34)(H,33,35,36). The number of carbonyl (C=O) groups is 1. The van der Waals surface area contributed by atoms with Gasteiger partial charge in [0.25, 0.3) is 0 Å². The number of carbonyl (C=O) groups excluding carboxylic acids is 1. The summed E-state index contributed by atoms with van der Waals surface area (Å²) in [7, 11) is -4.32. The fraction of sp³-hybridized carbons (Fsp3) is 0.379. The van der Waals surface area contributed by atoms with Crippen molar-refractivity contribution in [3.8, 4) is 11.4 Å². The molecule has 0 radical (unpaired) electrons. The molecule has 1 saturated carbocycles. The zero-order chi connectivity index (χ0) is 29.4. The van der Waals surface area contributed by atoms with E-state index in [9.17, 15) is 13.2 Å². The van der Waals surface area contributed by atoms with Crippen LogP contribution in [0.1, 0.15) is 51.5 Å². The number of sulfone groups is 1. The monoisotopic (exact) mass is 583 g/mol. The number of ether oxygens (including phenoxy) is 1. The molecule has 1 atom stereocenters. The van der Waals surface area contributed by atoms with Crippen molar-refractivity contribution >= 4 is 32.7 Å². The average molecular weight is 584 g/mol. The van der Waals surface area contributed by atoms with Crippen LogP contribution in [-0.2, 0) is 19.4 Å². The molecular formula is C29H31F2N5O4S. The first-order valence-corrected chi connectivity index (χ1v) is 14.9. The Bertz CT molecular complexity index is 1700. The Morgan fingerprint density at radius 2 is 1.80 bits per heavy atom. The van der Waals surface area contributed by atoms with Gasteiger partial charge in [-0.3, -0.25) is 4.79 Å². The number of benzene rings is 1. The molecule has 0 aliphatic heterocycles. The number of rotatable bonds is 9. The second kappa shape index (κ2) is 11.2. The minimum Gasteiger partial charge on any atom is -0.466 e. The minimum atomic E-state index is -4.32. The maximum Gasteiger partial charge on any atom is 0.307 e. The molecule has 1 aliphatic rings. The van der Waals surface area contributed by atoms with Crippen molar-refractivity contribution in [3.63, 3.8) is 0 Å². The van der Waals surface area contributed by atoms with Crippen molar-refractivity contribution < 1.29 is 26.7 Å². The van der Waals surface area contributed by atoms with Crippen LogP contribution in [0.2, 0.25) is 0 Å².